The fourth-order valence-corrected chi connectivity index (χ4v) is 5.07. The summed E-state index contributed by atoms with van der Waals surface area (Å²) in [7, 11) is 0. The van der Waals surface area contributed by atoms with E-state index in [1.807, 2.05) is 0 Å². The van der Waals surface area contributed by atoms with E-state index in [2.05, 4.69) is 32.9 Å². The molecule has 104 valence electrons. The highest BCUT2D eigenvalue weighted by molar-refractivity contribution is 5.40. The third-order valence-corrected chi connectivity index (χ3v) is 5.68. The minimum atomic E-state index is 0.861. The Kier molecular flexibility index (Phi) is 3.69. The van der Waals surface area contributed by atoms with Crippen LogP contribution in [0.3, 0.4) is 0 Å². The van der Waals surface area contributed by atoms with Gasteiger partial charge in [0.05, 0.1) is 0 Å². The molecule has 19 heavy (non-hydrogen) atoms. The van der Waals surface area contributed by atoms with Crippen molar-refractivity contribution in [3.05, 3.63) is 34.4 Å². The molecular formula is C19H28. The standard InChI is InChI=1S/C19H28/c1-13-11-14(2)19(15(3)12-13)18-10-6-8-16-7-4-5-9-17(16)18/h11-12,16-18H,4-10H2,1-3H3. The third kappa shape index (κ3) is 2.47. The summed E-state index contributed by atoms with van der Waals surface area (Å²) >= 11 is 0. The van der Waals surface area contributed by atoms with E-state index in [1.165, 1.54) is 50.5 Å². The minimum absolute atomic E-state index is 0.861. The van der Waals surface area contributed by atoms with Crippen molar-refractivity contribution in [2.24, 2.45) is 11.8 Å². The Balaban J connectivity index is 1.96. The van der Waals surface area contributed by atoms with Crippen LogP contribution in [0.25, 0.3) is 0 Å². The first-order valence-electron chi connectivity index (χ1n) is 8.24. The molecule has 0 bridgehead atoms. The second-order valence-corrected chi connectivity index (χ2v) is 7.06. The highest BCUT2D eigenvalue weighted by Crippen LogP contribution is 2.49. The molecule has 1 aromatic rings. The summed E-state index contributed by atoms with van der Waals surface area (Å²) in [5.41, 5.74) is 6.24. The molecule has 0 amide bonds. The van der Waals surface area contributed by atoms with Crippen LogP contribution in [0.4, 0.5) is 0 Å². The molecule has 2 fully saturated rings. The Bertz CT molecular complexity index is 432. The zero-order valence-corrected chi connectivity index (χ0v) is 12.8. The van der Waals surface area contributed by atoms with Gasteiger partial charge < -0.3 is 0 Å². The van der Waals surface area contributed by atoms with Crippen LogP contribution < -0.4 is 0 Å². The van der Waals surface area contributed by atoms with E-state index in [-0.39, 0.29) is 0 Å². The van der Waals surface area contributed by atoms with Crippen LogP contribution in [-0.4, -0.2) is 0 Å². The first-order valence-corrected chi connectivity index (χ1v) is 8.24. The molecule has 0 heteroatoms. The lowest BCUT2D eigenvalue weighted by Gasteiger charge is -2.42. The van der Waals surface area contributed by atoms with Gasteiger partial charge in [-0.25, -0.2) is 0 Å². The number of fused-ring (bicyclic) bond motifs is 1. The molecule has 3 atom stereocenters. The fraction of sp³-hybridized carbons (Fsp3) is 0.684. The average molecular weight is 256 g/mol. The maximum atomic E-state index is 2.40. The van der Waals surface area contributed by atoms with Crippen molar-refractivity contribution in [2.45, 2.75) is 71.6 Å². The van der Waals surface area contributed by atoms with Crippen LogP contribution in [0.2, 0.25) is 0 Å². The van der Waals surface area contributed by atoms with Crippen LogP contribution in [-0.2, 0) is 0 Å². The highest BCUT2D eigenvalue weighted by Gasteiger charge is 2.36. The van der Waals surface area contributed by atoms with Gasteiger partial charge in [0.25, 0.3) is 0 Å². The van der Waals surface area contributed by atoms with Crippen molar-refractivity contribution in [1.82, 2.24) is 0 Å². The third-order valence-electron chi connectivity index (χ3n) is 5.68. The summed E-state index contributed by atoms with van der Waals surface area (Å²) in [6.07, 6.45) is 10.4. The Labute approximate surface area is 118 Å². The van der Waals surface area contributed by atoms with Crippen molar-refractivity contribution in [3.8, 4) is 0 Å². The predicted molar refractivity (Wildman–Crippen MR) is 82.7 cm³/mol. The average Bonchev–Trinajstić information content (AvgIpc) is 2.38. The van der Waals surface area contributed by atoms with Crippen molar-refractivity contribution in [2.75, 3.05) is 0 Å². The number of hydrogen-bond donors (Lipinski definition) is 0. The number of benzene rings is 1. The summed E-state index contributed by atoms with van der Waals surface area (Å²) in [6, 6.07) is 4.80. The van der Waals surface area contributed by atoms with E-state index in [0.717, 1.165) is 17.8 Å². The van der Waals surface area contributed by atoms with E-state index >= 15 is 0 Å². The van der Waals surface area contributed by atoms with E-state index in [4.69, 9.17) is 0 Å². The van der Waals surface area contributed by atoms with Gasteiger partial charge in [0, 0.05) is 0 Å². The van der Waals surface area contributed by atoms with Gasteiger partial charge in [-0.1, -0.05) is 49.8 Å². The maximum absolute atomic E-state index is 2.40. The van der Waals surface area contributed by atoms with E-state index < -0.39 is 0 Å². The maximum Gasteiger partial charge on any atom is -0.0126 e. The largest absolute Gasteiger partial charge is 0.0561 e. The molecule has 3 unspecified atom stereocenters. The first kappa shape index (κ1) is 13.2. The molecule has 2 saturated carbocycles. The number of aryl methyl sites for hydroxylation is 3. The Morgan fingerprint density at radius 1 is 0.789 bits per heavy atom. The summed E-state index contributed by atoms with van der Waals surface area (Å²) in [5, 5.41) is 0. The fourth-order valence-electron chi connectivity index (χ4n) is 5.07. The molecule has 2 aliphatic rings. The first-order chi connectivity index (χ1) is 9.16. The van der Waals surface area contributed by atoms with Gasteiger partial charge in [0.15, 0.2) is 0 Å². The molecule has 0 aromatic heterocycles. The van der Waals surface area contributed by atoms with E-state index in [9.17, 15) is 0 Å². The number of hydrogen-bond acceptors (Lipinski definition) is 0. The molecule has 1 aromatic carbocycles. The van der Waals surface area contributed by atoms with E-state index in [0.29, 0.717) is 0 Å². The molecule has 0 nitrogen and oxygen atoms in total. The summed E-state index contributed by atoms with van der Waals surface area (Å²) in [4.78, 5) is 0. The van der Waals surface area contributed by atoms with Gasteiger partial charge in [-0.3, -0.25) is 0 Å². The molecule has 0 aliphatic heterocycles. The monoisotopic (exact) mass is 256 g/mol. The summed E-state index contributed by atoms with van der Waals surface area (Å²) in [6.45, 7) is 6.90. The second kappa shape index (κ2) is 5.31. The molecule has 0 heterocycles. The zero-order chi connectivity index (χ0) is 13.4. The smallest absolute Gasteiger partial charge is 0.0126 e. The van der Waals surface area contributed by atoms with Crippen LogP contribution in [0, 0.1) is 32.6 Å². The minimum Gasteiger partial charge on any atom is -0.0561 e. The van der Waals surface area contributed by atoms with Gasteiger partial charge in [0.2, 0.25) is 0 Å². The van der Waals surface area contributed by atoms with Gasteiger partial charge in [-0.15, -0.1) is 0 Å². The van der Waals surface area contributed by atoms with Crippen LogP contribution in [0.1, 0.15) is 73.1 Å². The predicted octanol–water partition coefficient (Wildman–Crippen LogP) is 5.69. The highest BCUT2D eigenvalue weighted by atomic mass is 14.4. The van der Waals surface area contributed by atoms with Gasteiger partial charge in [-0.05, 0) is 68.1 Å². The van der Waals surface area contributed by atoms with E-state index in [1.54, 1.807) is 16.7 Å². The lowest BCUT2D eigenvalue weighted by Crippen LogP contribution is -2.30. The molecule has 0 radical (unpaired) electrons. The molecule has 3 rings (SSSR count). The molecule has 0 saturated heterocycles. The lowest BCUT2D eigenvalue weighted by atomic mass is 9.62. The van der Waals surface area contributed by atoms with Crippen molar-refractivity contribution in [1.29, 1.82) is 0 Å². The second-order valence-electron chi connectivity index (χ2n) is 7.06. The van der Waals surface area contributed by atoms with Crippen molar-refractivity contribution in [3.63, 3.8) is 0 Å². The van der Waals surface area contributed by atoms with Crippen LogP contribution in [0.5, 0.6) is 0 Å². The molecule has 0 spiro atoms. The quantitative estimate of drug-likeness (QED) is 0.606. The van der Waals surface area contributed by atoms with Crippen molar-refractivity contribution >= 4 is 0 Å². The van der Waals surface area contributed by atoms with Crippen LogP contribution in [0.15, 0.2) is 12.1 Å². The summed E-state index contributed by atoms with van der Waals surface area (Å²) in [5.74, 6) is 2.88. The SMILES string of the molecule is Cc1cc(C)c(C2CCCC3CCCCC32)c(C)c1. The Morgan fingerprint density at radius 3 is 2.16 bits per heavy atom. The summed E-state index contributed by atoms with van der Waals surface area (Å²) < 4.78 is 0. The molecular weight excluding hydrogens is 228 g/mol. The normalized spacial score (nSPS) is 31.0. The van der Waals surface area contributed by atoms with Gasteiger partial charge in [-0.2, -0.15) is 0 Å². The molecule has 2 aliphatic carbocycles. The van der Waals surface area contributed by atoms with Gasteiger partial charge in [0.1, 0.15) is 0 Å². The van der Waals surface area contributed by atoms with Gasteiger partial charge >= 0.3 is 0 Å². The van der Waals surface area contributed by atoms with Crippen molar-refractivity contribution < 1.29 is 0 Å². The van der Waals surface area contributed by atoms with Crippen LogP contribution >= 0.6 is 0 Å². The topological polar surface area (TPSA) is 0 Å². The Hall–Kier alpha value is -0.780. The Morgan fingerprint density at radius 2 is 1.42 bits per heavy atom. The zero-order valence-electron chi connectivity index (χ0n) is 12.8. The number of rotatable bonds is 1. The lowest BCUT2D eigenvalue weighted by molar-refractivity contribution is 0.144. The molecule has 0 N–H and O–H groups in total.